The quantitative estimate of drug-likeness (QED) is 0.435. The van der Waals surface area contributed by atoms with Crippen LogP contribution in [0.1, 0.15) is 13.8 Å². The Bertz CT molecular complexity index is 129. The van der Waals surface area contributed by atoms with Gasteiger partial charge in [0, 0.05) is 0 Å². The highest BCUT2D eigenvalue weighted by Gasteiger charge is 2.13. The van der Waals surface area contributed by atoms with E-state index in [1.54, 1.807) is 6.92 Å². The summed E-state index contributed by atoms with van der Waals surface area (Å²) in [4.78, 5) is 10.5. The molecule has 0 aromatic heterocycles. The minimum Gasteiger partial charge on any atom is -0.456 e. The van der Waals surface area contributed by atoms with Gasteiger partial charge in [0.1, 0.15) is 6.10 Å². The van der Waals surface area contributed by atoms with Crippen molar-refractivity contribution in [2.75, 3.05) is 0 Å². The standard InChI is InChI=1S/C7H11O3/c1-4-5(2)10-7(9)6(3)8/h4-6H,1H2,2-3H3. The molecule has 0 heterocycles. The second kappa shape index (κ2) is 4.06. The molecule has 0 aliphatic carbocycles. The van der Waals surface area contributed by atoms with Gasteiger partial charge in [-0.1, -0.05) is 12.7 Å². The Hall–Kier alpha value is -0.830. The summed E-state index contributed by atoms with van der Waals surface area (Å²) < 4.78 is 4.59. The molecule has 0 aliphatic heterocycles. The molecule has 0 aromatic carbocycles. The Morgan fingerprint density at radius 2 is 2.10 bits per heavy atom. The van der Waals surface area contributed by atoms with Crippen molar-refractivity contribution in [1.82, 2.24) is 0 Å². The molecular weight excluding hydrogens is 132 g/mol. The van der Waals surface area contributed by atoms with Crippen molar-refractivity contribution in [3.05, 3.63) is 12.7 Å². The summed E-state index contributed by atoms with van der Waals surface area (Å²) in [5.74, 6) is -0.729. The highest BCUT2D eigenvalue weighted by molar-refractivity contribution is 5.73. The van der Waals surface area contributed by atoms with Crippen molar-refractivity contribution in [2.45, 2.75) is 26.1 Å². The minimum absolute atomic E-state index is 0.371. The number of carbonyl (C=O) groups is 1. The first kappa shape index (κ1) is 9.17. The maximum Gasteiger partial charge on any atom is 0.338 e. The molecule has 0 fully saturated rings. The van der Waals surface area contributed by atoms with Gasteiger partial charge in [0.15, 0.2) is 6.10 Å². The fourth-order valence-corrected chi connectivity index (χ4v) is 0.327. The van der Waals surface area contributed by atoms with Crippen LogP contribution in [-0.4, -0.2) is 18.2 Å². The fraction of sp³-hybridized carbons (Fsp3) is 0.571. The molecule has 2 atom stereocenters. The molecule has 0 saturated heterocycles. The van der Waals surface area contributed by atoms with Crippen molar-refractivity contribution < 1.29 is 14.6 Å². The van der Waals surface area contributed by atoms with E-state index in [1.807, 2.05) is 0 Å². The van der Waals surface area contributed by atoms with E-state index in [4.69, 9.17) is 0 Å². The van der Waals surface area contributed by atoms with Gasteiger partial charge in [-0.3, -0.25) is 0 Å². The second-order valence-electron chi connectivity index (χ2n) is 2.02. The fourth-order valence-electron chi connectivity index (χ4n) is 0.327. The maximum atomic E-state index is 10.5. The molecule has 0 amide bonds. The summed E-state index contributed by atoms with van der Waals surface area (Å²) in [7, 11) is 0. The number of hydrogen-bond donors (Lipinski definition) is 0. The van der Waals surface area contributed by atoms with Crippen molar-refractivity contribution >= 4 is 5.97 Å². The predicted molar refractivity (Wildman–Crippen MR) is 35.9 cm³/mol. The Morgan fingerprint density at radius 1 is 1.60 bits per heavy atom. The predicted octanol–water partition coefficient (Wildman–Crippen LogP) is 0.923. The molecule has 1 radical (unpaired) electrons. The molecule has 0 spiro atoms. The first-order valence-corrected chi connectivity index (χ1v) is 3.06. The van der Waals surface area contributed by atoms with Crippen LogP contribution in [-0.2, 0) is 14.6 Å². The van der Waals surface area contributed by atoms with Gasteiger partial charge in [-0.25, -0.2) is 9.90 Å². The third kappa shape index (κ3) is 3.25. The van der Waals surface area contributed by atoms with Crippen LogP contribution in [0.2, 0.25) is 0 Å². The molecule has 10 heavy (non-hydrogen) atoms. The molecule has 3 heteroatoms. The lowest BCUT2D eigenvalue weighted by molar-refractivity contribution is -0.158. The van der Waals surface area contributed by atoms with Gasteiger partial charge in [0.25, 0.3) is 0 Å². The number of ether oxygens (including phenoxy) is 1. The number of carbonyl (C=O) groups excluding carboxylic acids is 1. The van der Waals surface area contributed by atoms with Crippen molar-refractivity contribution in [3.8, 4) is 0 Å². The number of hydrogen-bond acceptors (Lipinski definition) is 2. The first-order valence-electron chi connectivity index (χ1n) is 3.06. The van der Waals surface area contributed by atoms with Crippen LogP contribution in [0, 0.1) is 0 Å². The zero-order chi connectivity index (χ0) is 8.15. The Kier molecular flexibility index (Phi) is 3.72. The summed E-state index contributed by atoms with van der Waals surface area (Å²) in [6.45, 7) is 6.29. The van der Waals surface area contributed by atoms with Crippen LogP contribution in [0.3, 0.4) is 0 Å². The number of esters is 1. The smallest absolute Gasteiger partial charge is 0.338 e. The van der Waals surface area contributed by atoms with Crippen LogP contribution in [0.15, 0.2) is 12.7 Å². The van der Waals surface area contributed by atoms with Crippen LogP contribution < -0.4 is 0 Å². The van der Waals surface area contributed by atoms with Gasteiger partial charge in [-0.2, -0.15) is 0 Å². The average molecular weight is 143 g/mol. The van der Waals surface area contributed by atoms with Gasteiger partial charge in [0.2, 0.25) is 0 Å². The van der Waals surface area contributed by atoms with Crippen LogP contribution in [0.5, 0.6) is 0 Å². The molecule has 3 nitrogen and oxygen atoms in total. The SMILES string of the molecule is C=CC(C)OC(=O)C(C)[O]. The van der Waals surface area contributed by atoms with E-state index in [-0.39, 0.29) is 6.10 Å². The molecule has 0 N–H and O–H groups in total. The van der Waals surface area contributed by atoms with E-state index in [0.29, 0.717) is 0 Å². The van der Waals surface area contributed by atoms with E-state index in [9.17, 15) is 9.90 Å². The Morgan fingerprint density at radius 3 is 2.40 bits per heavy atom. The van der Waals surface area contributed by atoms with E-state index >= 15 is 0 Å². The van der Waals surface area contributed by atoms with Crippen LogP contribution in [0.25, 0.3) is 0 Å². The average Bonchev–Trinajstić information content (AvgIpc) is 1.87. The molecule has 0 saturated carbocycles. The lowest BCUT2D eigenvalue weighted by Crippen LogP contribution is -2.21. The Labute approximate surface area is 60.3 Å². The van der Waals surface area contributed by atoms with Gasteiger partial charge in [0.05, 0.1) is 0 Å². The van der Waals surface area contributed by atoms with Crippen molar-refractivity contribution in [3.63, 3.8) is 0 Å². The lowest BCUT2D eigenvalue weighted by Gasteiger charge is -2.08. The number of rotatable bonds is 3. The molecule has 0 aliphatic rings. The van der Waals surface area contributed by atoms with Crippen molar-refractivity contribution in [2.24, 2.45) is 0 Å². The topological polar surface area (TPSA) is 46.2 Å². The minimum atomic E-state index is -1.30. The molecule has 0 rings (SSSR count). The monoisotopic (exact) mass is 143 g/mol. The van der Waals surface area contributed by atoms with Crippen molar-refractivity contribution in [1.29, 1.82) is 0 Å². The molecule has 0 bridgehead atoms. The summed E-state index contributed by atoms with van der Waals surface area (Å²) in [5.41, 5.74) is 0. The van der Waals surface area contributed by atoms with Gasteiger partial charge in [-0.15, -0.1) is 0 Å². The van der Waals surface area contributed by atoms with Crippen LogP contribution in [0.4, 0.5) is 0 Å². The largest absolute Gasteiger partial charge is 0.456 e. The maximum absolute atomic E-state index is 10.5. The lowest BCUT2D eigenvalue weighted by atomic mass is 10.4. The highest BCUT2D eigenvalue weighted by atomic mass is 16.6. The summed E-state index contributed by atoms with van der Waals surface area (Å²) in [6.07, 6.45) is -0.216. The van der Waals surface area contributed by atoms with Crippen LogP contribution >= 0.6 is 0 Å². The van der Waals surface area contributed by atoms with Gasteiger partial charge < -0.3 is 4.74 Å². The van der Waals surface area contributed by atoms with Gasteiger partial charge >= 0.3 is 5.97 Å². The third-order valence-electron chi connectivity index (χ3n) is 0.966. The van der Waals surface area contributed by atoms with E-state index < -0.39 is 12.1 Å². The second-order valence-corrected chi connectivity index (χ2v) is 2.02. The van der Waals surface area contributed by atoms with E-state index in [1.165, 1.54) is 13.0 Å². The molecular formula is C7H11O3. The summed E-state index contributed by atoms with van der Waals surface area (Å²) in [6, 6.07) is 0. The zero-order valence-electron chi connectivity index (χ0n) is 6.16. The first-order chi connectivity index (χ1) is 4.57. The Balaban J connectivity index is 3.68. The highest BCUT2D eigenvalue weighted by Crippen LogP contribution is 1.95. The third-order valence-corrected chi connectivity index (χ3v) is 0.966. The van der Waals surface area contributed by atoms with E-state index in [2.05, 4.69) is 11.3 Å². The summed E-state index contributed by atoms with van der Waals surface area (Å²) >= 11 is 0. The van der Waals surface area contributed by atoms with E-state index in [0.717, 1.165) is 0 Å². The van der Waals surface area contributed by atoms with Gasteiger partial charge in [-0.05, 0) is 13.8 Å². The normalized spacial score (nSPS) is 15.5. The molecule has 0 aromatic rings. The summed E-state index contributed by atoms with van der Waals surface area (Å²) in [5, 5.41) is 10.4. The zero-order valence-corrected chi connectivity index (χ0v) is 6.16. The molecule has 57 valence electrons. The molecule has 2 unspecified atom stereocenters.